The summed E-state index contributed by atoms with van der Waals surface area (Å²) in [6.45, 7) is 5.26. The molecule has 0 unspecified atom stereocenters. The highest BCUT2D eigenvalue weighted by Gasteiger charge is 2.22. The summed E-state index contributed by atoms with van der Waals surface area (Å²) in [5, 5.41) is 0. The Morgan fingerprint density at radius 1 is 1.17 bits per heavy atom. The third-order valence-corrected chi connectivity index (χ3v) is 3.96. The van der Waals surface area contributed by atoms with Gasteiger partial charge in [0.15, 0.2) is 0 Å². The quantitative estimate of drug-likeness (QED) is 0.880. The van der Waals surface area contributed by atoms with Crippen LogP contribution < -0.4 is 10.5 Å². The lowest BCUT2D eigenvalue weighted by Gasteiger charge is -2.29. The van der Waals surface area contributed by atoms with E-state index in [1.165, 1.54) is 18.4 Å². The standard InChI is InChI=1S/C16H25NO/c1-12(2)15-5-3-4-6-16(15)18-14-9-7-13(11-17)8-10-14/h3-6,12-14H,7-11,17H2,1-2H3. The van der Waals surface area contributed by atoms with Gasteiger partial charge in [-0.05, 0) is 55.7 Å². The summed E-state index contributed by atoms with van der Waals surface area (Å²) in [4.78, 5) is 0. The molecule has 2 rings (SSSR count). The molecule has 0 atom stereocenters. The number of hydrogen-bond donors (Lipinski definition) is 1. The minimum atomic E-state index is 0.382. The second-order valence-corrected chi connectivity index (χ2v) is 5.69. The molecule has 0 spiro atoms. The first-order valence-electron chi connectivity index (χ1n) is 7.16. The van der Waals surface area contributed by atoms with Crippen LogP contribution in [0, 0.1) is 5.92 Å². The highest BCUT2D eigenvalue weighted by atomic mass is 16.5. The molecule has 1 aliphatic carbocycles. The van der Waals surface area contributed by atoms with Crippen molar-refractivity contribution in [2.24, 2.45) is 11.7 Å². The molecule has 1 saturated carbocycles. The van der Waals surface area contributed by atoms with E-state index in [-0.39, 0.29) is 0 Å². The van der Waals surface area contributed by atoms with Gasteiger partial charge >= 0.3 is 0 Å². The Morgan fingerprint density at radius 3 is 2.44 bits per heavy atom. The average molecular weight is 247 g/mol. The van der Waals surface area contributed by atoms with E-state index < -0.39 is 0 Å². The van der Waals surface area contributed by atoms with Crippen LogP contribution in [0.4, 0.5) is 0 Å². The molecule has 2 nitrogen and oxygen atoms in total. The summed E-state index contributed by atoms with van der Waals surface area (Å²) in [7, 11) is 0. The van der Waals surface area contributed by atoms with Crippen LogP contribution in [0.25, 0.3) is 0 Å². The molecule has 0 saturated heterocycles. The molecule has 0 aliphatic heterocycles. The fourth-order valence-corrected chi connectivity index (χ4v) is 2.73. The predicted octanol–water partition coefficient (Wildman–Crippen LogP) is 3.71. The van der Waals surface area contributed by atoms with Crippen LogP contribution in [0.3, 0.4) is 0 Å². The van der Waals surface area contributed by atoms with Crippen molar-refractivity contribution in [2.75, 3.05) is 6.54 Å². The van der Waals surface area contributed by atoms with Gasteiger partial charge in [0.05, 0.1) is 6.10 Å². The lowest BCUT2D eigenvalue weighted by atomic mass is 9.87. The Bertz CT molecular complexity index is 367. The van der Waals surface area contributed by atoms with Crippen molar-refractivity contribution in [1.29, 1.82) is 0 Å². The molecule has 0 amide bonds. The van der Waals surface area contributed by atoms with Gasteiger partial charge in [-0.15, -0.1) is 0 Å². The molecule has 0 radical (unpaired) electrons. The molecular weight excluding hydrogens is 222 g/mol. The Hall–Kier alpha value is -1.02. The van der Waals surface area contributed by atoms with E-state index in [2.05, 4.69) is 38.1 Å². The van der Waals surface area contributed by atoms with E-state index in [0.717, 1.165) is 25.1 Å². The van der Waals surface area contributed by atoms with Crippen LogP contribution in [0.5, 0.6) is 5.75 Å². The molecule has 1 fully saturated rings. The molecule has 1 aromatic rings. The molecule has 100 valence electrons. The van der Waals surface area contributed by atoms with E-state index in [0.29, 0.717) is 17.9 Å². The summed E-state index contributed by atoms with van der Waals surface area (Å²) in [6, 6.07) is 8.43. The number of ether oxygens (including phenoxy) is 1. The first-order valence-corrected chi connectivity index (χ1v) is 7.16. The van der Waals surface area contributed by atoms with Gasteiger partial charge in [0.2, 0.25) is 0 Å². The maximum atomic E-state index is 6.20. The third kappa shape index (κ3) is 3.26. The highest BCUT2D eigenvalue weighted by molar-refractivity contribution is 5.35. The van der Waals surface area contributed by atoms with Crippen molar-refractivity contribution < 1.29 is 4.74 Å². The fourth-order valence-electron chi connectivity index (χ4n) is 2.73. The predicted molar refractivity (Wildman–Crippen MR) is 76.0 cm³/mol. The van der Waals surface area contributed by atoms with Gasteiger partial charge < -0.3 is 10.5 Å². The van der Waals surface area contributed by atoms with Gasteiger partial charge in [-0.3, -0.25) is 0 Å². The van der Waals surface area contributed by atoms with Crippen LogP contribution in [0.1, 0.15) is 51.0 Å². The summed E-state index contributed by atoms with van der Waals surface area (Å²) >= 11 is 0. The zero-order valence-corrected chi connectivity index (χ0v) is 11.6. The number of benzene rings is 1. The first-order chi connectivity index (χ1) is 8.70. The van der Waals surface area contributed by atoms with Gasteiger partial charge in [0, 0.05) is 0 Å². The van der Waals surface area contributed by atoms with Crippen molar-refractivity contribution in [3.05, 3.63) is 29.8 Å². The highest BCUT2D eigenvalue weighted by Crippen LogP contribution is 2.31. The van der Waals surface area contributed by atoms with Crippen molar-refractivity contribution in [1.82, 2.24) is 0 Å². The zero-order valence-electron chi connectivity index (χ0n) is 11.6. The summed E-state index contributed by atoms with van der Waals surface area (Å²) in [6.07, 6.45) is 5.10. The number of hydrogen-bond acceptors (Lipinski definition) is 2. The topological polar surface area (TPSA) is 35.2 Å². The Labute approximate surface area is 111 Å². The van der Waals surface area contributed by atoms with Gasteiger partial charge in [-0.1, -0.05) is 32.0 Å². The number of rotatable bonds is 4. The van der Waals surface area contributed by atoms with Crippen LogP contribution >= 0.6 is 0 Å². The van der Waals surface area contributed by atoms with E-state index in [4.69, 9.17) is 10.5 Å². The summed E-state index contributed by atoms with van der Waals surface area (Å²) in [5.41, 5.74) is 7.04. The smallest absolute Gasteiger partial charge is 0.123 e. The third-order valence-electron chi connectivity index (χ3n) is 3.96. The van der Waals surface area contributed by atoms with Crippen LogP contribution in [0.2, 0.25) is 0 Å². The maximum Gasteiger partial charge on any atom is 0.123 e. The van der Waals surface area contributed by atoms with E-state index in [9.17, 15) is 0 Å². The molecule has 0 heterocycles. The SMILES string of the molecule is CC(C)c1ccccc1OC1CCC(CN)CC1. The van der Waals surface area contributed by atoms with Crippen LogP contribution in [-0.4, -0.2) is 12.6 Å². The molecule has 0 bridgehead atoms. The average Bonchev–Trinajstić information content (AvgIpc) is 2.40. The maximum absolute atomic E-state index is 6.20. The van der Waals surface area contributed by atoms with Gasteiger partial charge in [0.25, 0.3) is 0 Å². The van der Waals surface area contributed by atoms with Crippen LogP contribution in [-0.2, 0) is 0 Å². The second kappa shape index (κ2) is 6.24. The zero-order chi connectivity index (χ0) is 13.0. The monoisotopic (exact) mass is 247 g/mol. The van der Waals surface area contributed by atoms with Crippen molar-refractivity contribution in [2.45, 2.75) is 51.6 Å². The minimum Gasteiger partial charge on any atom is -0.490 e. The van der Waals surface area contributed by atoms with Crippen molar-refractivity contribution >= 4 is 0 Å². The Balaban J connectivity index is 1.98. The molecule has 18 heavy (non-hydrogen) atoms. The largest absolute Gasteiger partial charge is 0.490 e. The minimum absolute atomic E-state index is 0.382. The lowest BCUT2D eigenvalue weighted by Crippen LogP contribution is -2.27. The first kappa shape index (κ1) is 13.4. The van der Waals surface area contributed by atoms with E-state index in [1.54, 1.807) is 0 Å². The molecule has 1 aromatic carbocycles. The summed E-state index contributed by atoms with van der Waals surface area (Å²) < 4.78 is 6.20. The molecule has 0 aromatic heterocycles. The Kier molecular flexibility index (Phi) is 4.65. The van der Waals surface area contributed by atoms with Gasteiger partial charge in [0.1, 0.15) is 5.75 Å². The van der Waals surface area contributed by atoms with Crippen molar-refractivity contribution in [3.8, 4) is 5.75 Å². The lowest BCUT2D eigenvalue weighted by molar-refractivity contribution is 0.131. The van der Waals surface area contributed by atoms with Gasteiger partial charge in [-0.2, -0.15) is 0 Å². The second-order valence-electron chi connectivity index (χ2n) is 5.69. The number of para-hydroxylation sites is 1. The van der Waals surface area contributed by atoms with Crippen LogP contribution in [0.15, 0.2) is 24.3 Å². The molecule has 2 heteroatoms. The summed E-state index contributed by atoms with van der Waals surface area (Å²) in [5.74, 6) is 2.30. The van der Waals surface area contributed by atoms with Crippen molar-refractivity contribution in [3.63, 3.8) is 0 Å². The Morgan fingerprint density at radius 2 is 1.83 bits per heavy atom. The van der Waals surface area contributed by atoms with E-state index >= 15 is 0 Å². The molecule has 2 N–H and O–H groups in total. The normalized spacial score (nSPS) is 24.2. The fraction of sp³-hybridized carbons (Fsp3) is 0.625. The number of nitrogens with two attached hydrogens (primary N) is 1. The molecule has 1 aliphatic rings. The van der Waals surface area contributed by atoms with E-state index in [1.807, 2.05) is 0 Å². The molecular formula is C16H25NO. The van der Waals surface area contributed by atoms with Gasteiger partial charge in [-0.25, -0.2) is 0 Å².